The molecular formula is C25H29NO4. The van der Waals surface area contributed by atoms with Crippen LogP contribution in [0.2, 0.25) is 0 Å². The summed E-state index contributed by atoms with van der Waals surface area (Å²) in [6.07, 6.45) is 2.56. The van der Waals surface area contributed by atoms with E-state index in [1.54, 1.807) is 23.1 Å². The first-order valence-corrected chi connectivity index (χ1v) is 10.6. The number of amides is 1. The SMILES string of the molecule is CCCCN1C(=O)C(=O)/C(=C(\O)c2cccc(OCCC)c2)C1c1cccc(C)c1. The number of hydrogen-bond acceptors (Lipinski definition) is 4. The number of benzene rings is 2. The number of likely N-dealkylation sites (tertiary alicyclic amines) is 1. The minimum atomic E-state index is -0.644. The van der Waals surface area contributed by atoms with Crippen molar-refractivity contribution in [3.8, 4) is 5.75 Å². The van der Waals surface area contributed by atoms with E-state index in [0.29, 0.717) is 24.5 Å². The lowest BCUT2D eigenvalue weighted by Gasteiger charge is -2.25. The van der Waals surface area contributed by atoms with E-state index >= 15 is 0 Å². The van der Waals surface area contributed by atoms with E-state index < -0.39 is 17.7 Å². The van der Waals surface area contributed by atoms with Gasteiger partial charge in [-0.05, 0) is 37.5 Å². The van der Waals surface area contributed by atoms with Crippen LogP contribution >= 0.6 is 0 Å². The average molecular weight is 408 g/mol. The number of aliphatic hydroxyl groups excluding tert-OH is 1. The maximum Gasteiger partial charge on any atom is 0.295 e. The van der Waals surface area contributed by atoms with Gasteiger partial charge in [-0.3, -0.25) is 9.59 Å². The molecule has 30 heavy (non-hydrogen) atoms. The summed E-state index contributed by atoms with van der Waals surface area (Å²) < 4.78 is 5.66. The highest BCUT2D eigenvalue weighted by Gasteiger charge is 2.45. The minimum absolute atomic E-state index is 0.134. The van der Waals surface area contributed by atoms with Gasteiger partial charge in [-0.2, -0.15) is 0 Å². The Bertz CT molecular complexity index is 963. The summed E-state index contributed by atoms with van der Waals surface area (Å²) in [4.78, 5) is 27.4. The molecule has 158 valence electrons. The lowest BCUT2D eigenvalue weighted by molar-refractivity contribution is -0.139. The summed E-state index contributed by atoms with van der Waals surface area (Å²) in [5, 5.41) is 11.1. The highest BCUT2D eigenvalue weighted by atomic mass is 16.5. The number of hydrogen-bond donors (Lipinski definition) is 1. The van der Waals surface area contributed by atoms with Crippen LogP contribution in [-0.4, -0.2) is 34.8 Å². The van der Waals surface area contributed by atoms with Crippen LogP contribution in [0.1, 0.15) is 55.8 Å². The second kappa shape index (κ2) is 9.61. The van der Waals surface area contributed by atoms with E-state index in [4.69, 9.17) is 4.74 Å². The second-order valence-corrected chi connectivity index (χ2v) is 7.64. The van der Waals surface area contributed by atoms with Gasteiger partial charge in [0.05, 0.1) is 18.2 Å². The van der Waals surface area contributed by atoms with Crippen molar-refractivity contribution in [2.24, 2.45) is 0 Å². The Balaban J connectivity index is 2.11. The second-order valence-electron chi connectivity index (χ2n) is 7.64. The largest absolute Gasteiger partial charge is 0.507 e. The molecule has 0 aliphatic carbocycles. The molecule has 5 heteroatoms. The molecule has 2 aromatic rings. The molecule has 1 atom stereocenters. The number of aryl methyl sites for hydroxylation is 1. The molecule has 1 unspecified atom stereocenters. The summed E-state index contributed by atoms with van der Waals surface area (Å²) in [6.45, 7) is 7.06. The Kier molecular flexibility index (Phi) is 6.93. The van der Waals surface area contributed by atoms with Crippen LogP contribution < -0.4 is 4.74 Å². The average Bonchev–Trinajstić information content (AvgIpc) is 3.00. The first kappa shape index (κ1) is 21.6. The number of rotatable bonds is 8. The Morgan fingerprint density at radius 3 is 2.53 bits per heavy atom. The number of ketones is 1. The maximum atomic E-state index is 13.0. The molecule has 0 spiro atoms. The quantitative estimate of drug-likeness (QED) is 0.380. The summed E-state index contributed by atoms with van der Waals surface area (Å²) in [6, 6.07) is 14.1. The maximum absolute atomic E-state index is 13.0. The van der Waals surface area contributed by atoms with Crippen LogP contribution in [0.15, 0.2) is 54.1 Å². The molecule has 1 aliphatic rings. The Morgan fingerprint density at radius 1 is 1.07 bits per heavy atom. The third-order valence-electron chi connectivity index (χ3n) is 5.23. The normalized spacial score (nSPS) is 18.1. The molecule has 0 radical (unpaired) electrons. The molecule has 1 saturated heterocycles. The van der Waals surface area contributed by atoms with Gasteiger partial charge in [0.1, 0.15) is 11.5 Å². The van der Waals surface area contributed by atoms with Crippen LogP contribution in [-0.2, 0) is 9.59 Å². The molecule has 0 saturated carbocycles. The van der Waals surface area contributed by atoms with Crippen molar-refractivity contribution < 1.29 is 19.4 Å². The minimum Gasteiger partial charge on any atom is -0.507 e. The fourth-order valence-corrected chi connectivity index (χ4v) is 3.73. The van der Waals surface area contributed by atoms with E-state index in [-0.39, 0.29) is 11.3 Å². The number of Topliss-reactive ketones (excluding diaryl/α,β-unsaturated/α-hetero) is 1. The lowest BCUT2D eigenvalue weighted by atomic mass is 9.94. The molecule has 2 aromatic carbocycles. The van der Waals surface area contributed by atoms with Gasteiger partial charge in [-0.1, -0.05) is 62.2 Å². The van der Waals surface area contributed by atoms with E-state index in [1.807, 2.05) is 51.1 Å². The van der Waals surface area contributed by atoms with E-state index in [9.17, 15) is 14.7 Å². The highest BCUT2D eigenvalue weighted by molar-refractivity contribution is 6.46. The van der Waals surface area contributed by atoms with Gasteiger partial charge in [-0.25, -0.2) is 0 Å². The van der Waals surface area contributed by atoms with Crippen LogP contribution in [0.5, 0.6) is 5.75 Å². The fraction of sp³-hybridized carbons (Fsp3) is 0.360. The Morgan fingerprint density at radius 2 is 1.83 bits per heavy atom. The van der Waals surface area contributed by atoms with Gasteiger partial charge in [-0.15, -0.1) is 0 Å². The molecule has 0 bridgehead atoms. The molecule has 1 N–H and O–H groups in total. The Labute approximate surface area is 178 Å². The van der Waals surface area contributed by atoms with E-state index in [2.05, 4.69) is 0 Å². The predicted molar refractivity (Wildman–Crippen MR) is 117 cm³/mol. The summed E-state index contributed by atoms with van der Waals surface area (Å²) in [5.41, 5.74) is 2.46. The highest BCUT2D eigenvalue weighted by Crippen LogP contribution is 2.40. The smallest absolute Gasteiger partial charge is 0.295 e. The lowest BCUT2D eigenvalue weighted by Crippen LogP contribution is -2.30. The van der Waals surface area contributed by atoms with Crippen LogP contribution in [0.3, 0.4) is 0 Å². The molecule has 1 aliphatic heterocycles. The van der Waals surface area contributed by atoms with Crippen molar-refractivity contribution in [2.75, 3.05) is 13.2 Å². The van der Waals surface area contributed by atoms with Gasteiger partial charge in [0, 0.05) is 12.1 Å². The van der Waals surface area contributed by atoms with Gasteiger partial charge in [0.2, 0.25) is 0 Å². The van der Waals surface area contributed by atoms with Crippen molar-refractivity contribution in [3.05, 3.63) is 70.8 Å². The molecule has 5 nitrogen and oxygen atoms in total. The monoisotopic (exact) mass is 407 g/mol. The van der Waals surface area contributed by atoms with Crippen molar-refractivity contribution >= 4 is 17.4 Å². The number of nitrogens with zero attached hydrogens (tertiary/aromatic N) is 1. The zero-order valence-corrected chi connectivity index (χ0v) is 17.9. The fourth-order valence-electron chi connectivity index (χ4n) is 3.73. The molecule has 0 aromatic heterocycles. The zero-order chi connectivity index (χ0) is 21.7. The van der Waals surface area contributed by atoms with Crippen LogP contribution in [0, 0.1) is 6.92 Å². The first-order valence-electron chi connectivity index (χ1n) is 10.6. The molecular weight excluding hydrogens is 378 g/mol. The van der Waals surface area contributed by atoms with Gasteiger partial charge >= 0.3 is 0 Å². The van der Waals surface area contributed by atoms with Crippen LogP contribution in [0.4, 0.5) is 0 Å². The Hall–Kier alpha value is -3.08. The third-order valence-corrected chi connectivity index (χ3v) is 5.23. The number of unbranched alkanes of at least 4 members (excludes halogenated alkanes) is 1. The molecule has 1 fully saturated rings. The molecule has 1 heterocycles. The standard InChI is InChI=1S/C25H29NO4/c1-4-6-13-26-22(18-10-7-9-17(3)15-18)21(24(28)25(26)29)23(27)19-11-8-12-20(16-19)30-14-5-2/h7-12,15-16,22,27H,4-6,13-14H2,1-3H3/b23-21-. The van der Waals surface area contributed by atoms with Gasteiger partial charge in [0.15, 0.2) is 0 Å². The zero-order valence-electron chi connectivity index (χ0n) is 17.9. The number of carbonyl (C=O) groups excluding carboxylic acids is 2. The van der Waals surface area contributed by atoms with E-state index in [0.717, 1.165) is 30.4 Å². The first-order chi connectivity index (χ1) is 14.5. The van der Waals surface area contributed by atoms with Crippen molar-refractivity contribution in [1.82, 2.24) is 4.90 Å². The van der Waals surface area contributed by atoms with Gasteiger partial charge in [0.25, 0.3) is 11.7 Å². The number of carbonyl (C=O) groups is 2. The van der Waals surface area contributed by atoms with Crippen molar-refractivity contribution in [2.45, 2.75) is 46.1 Å². The summed E-state index contributed by atoms with van der Waals surface area (Å²) >= 11 is 0. The molecule has 3 rings (SSSR count). The summed E-state index contributed by atoms with van der Waals surface area (Å²) in [7, 11) is 0. The van der Waals surface area contributed by atoms with E-state index in [1.165, 1.54) is 0 Å². The third kappa shape index (κ3) is 4.40. The number of ether oxygens (including phenoxy) is 1. The predicted octanol–water partition coefficient (Wildman–Crippen LogP) is 5.01. The van der Waals surface area contributed by atoms with Crippen LogP contribution in [0.25, 0.3) is 5.76 Å². The molecule has 1 amide bonds. The van der Waals surface area contributed by atoms with Crippen molar-refractivity contribution in [1.29, 1.82) is 0 Å². The topological polar surface area (TPSA) is 66.8 Å². The van der Waals surface area contributed by atoms with Crippen molar-refractivity contribution in [3.63, 3.8) is 0 Å². The number of aliphatic hydroxyl groups is 1. The summed E-state index contributed by atoms with van der Waals surface area (Å²) in [5.74, 6) is -0.751. The van der Waals surface area contributed by atoms with Gasteiger partial charge < -0.3 is 14.7 Å².